The number of rotatable bonds is 3. The molecule has 0 bridgehead atoms. The second-order valence-electron chi connectivity index (χ2n) is 5.00. The van der Waals surface area contributed by atoms with Crippen LogP contribution in [0.3, 0.4) is 0 Å². The van der Waals surface area contributed by atoms with Crippen molar-refractivity contribution < 1.29 is 4.39 Å². The topological polar surface area (TPSA) is 24.9 Å². The van der Waals surface area contributed by atoms with Crippen molar-refractivity contribution in [1.29, 1.82) is 0 Å². The quantitative estimate of drug-likeness (QED) is 0.910. The van der Waals surface area contributed by atoms with Gasteiger partial charge in [-0.3, -0.25) is 4.98 Å². The monoisotopic (exact) mass is 256 g/mol. The second kappa shape index (κ2) is 5.49. The van der Waals surface area contributed by atoms with Crippen LogP contribution in [-0.4, -0.2) is 4.98 Å². The van der Waals surface area contributed by atoms with Crippen molar-refractivity contribution in [3.05, 3.63) is 65.2 Å². The Bertz CT molecular complexity index is 551. The summed E-state index contributed by atoms with van der Waals surface area (Å²) in [5.41, 5.74) is 3.63. The molecule has 1 heterocycles. The molecule has 0 saturated heterocycles. The van der Waals surface area contributed by atoms with Crippen LogP contribution in [0.5, 0.6) is 0 Å². The van der Waals surface area contributed by atoms with Gasteiger partial charge < -0.3 is 5.32 Å². The molecule has 0 fully saturated rings. The maximum Gasteiger partial charge on any atom is 0.123 e. The molecule has 3 heteroatoms. The van der Waals surface area contributed by atoms with Crippen molar-refractivity contribution in [3.8, 4) is 0 Å². The van der Waals surface area contributed by atoms with Crippen LogP contribution in [0, 0.1) is 5.82 Å². The highest BCUT2D eigenvalue weighted by Crippen LogP contribution is 2.27. The molecule has 19 heavy (non-hydrogen) atoms. The first-order valence-corrected chi connectivity index (χ1v) is 6.74. The molecule has 1 atom stereocenters. The van der Waals surface area contributed by atoms with E-state index in [0.717, 1.165) is 24.9 Å². The van der Waals surface area contributed by atoms with Crippen molar-refractivity contribution in [2.24, 2.45) is 0 Å². The number of nitrogens with zero attached hydrogens (tertiary/aromatic N) is 1. The SMILES string of the molecule is Fc1ccc(CNC2CCCc3cccnc32)cc1. The Morgan fingerprint density at radius 1 is 1.21 bits per heavy atom. The van der Waals surface area contributed by atoms with E-state index in [9.17, 15) is 4.39 Å². The lowest BCUT2D eigenvalue weighted by molar-refractivity contribution is 0.447. The Morgan fingerprint density at radius 2 is 2.05 bits per heavy atom. The summed E-state index contributed by atoms with van der Waals surface area (Å²) < 4.78 is 12.8. The number of hydrogen-bond donors (Lipinski definition) is 1. The molecule has 0 amide bonds. The van der Waals surface area contributed by atoms with Crippen molar-refractivity contribution in [2.75, 3.05) is 0 Å². The number of hydrogen-bond acceptors (Lipinski definition) is 2. The van der Waals surface area contributed by atoms with Gasteiger partial charge in [0, 0.05) is 12.7 Å². The third-order valence-corrected chi connectivity index (χ3v) is 3.66. The van der Waals surface area contributed by atoms with Crippen LogP contribution < -0.4 is 5.32 Å². The molecule has 1 unspecified atom stereocenters. The van der Waals surface area contributed by atoms with Gasteiger partial charge in [0.05, 0.1) is 11.7 Å². The first kappa shape index (κ1) is 12.3. The highest BCUT2D eigenvalue weighted by molar-refractivity contribution is 5.26. The summed E-state index contributed by atoms with van der Waals surface area (Å²) in [7, 11) is 0. The van der Waals surface area contributed by atoms with Gasteiger partial charge in [-0.05, 0) is 48.6 Å². The van der Waals surface area contributed by atoms with Crippen LogP contribution in [0.4, 0.5) is 4.39 Å². The Kier molecular flexibility index (Phi) is 3.56. The summed E-state index contributed by atoms with van der Waals surface area (Å²) in [5, 5.41) is 3.53. The minimum Gasteiger partial charge on any atom is -0.305 e. The summed E-state index contributed by atoms with van der Waals surface area (Å²) in [6, 6.07) is 11.1. The van der Waals surface area contributed by atoms with E-state index in [1.807, 2.05) is 24.4 Å². The number of pyridine rings is 1. The summed E-state index contributed by atoms with van der Waals surface area (Å²) in [6.45, 7) is 0.751. The lowest BCUT2D eigenvalue weighted by Gasteiger charge is -2.25. The molecule has 1 aromatic heterocycles. The minimum absolute atomic E-state index is 0.187. The number of fused-ring (bicyclic) bond motifs is 1. The van der Waals surface area contributed by atoms with Gasteiger partial charge in [0.2, 0.25) is 0 Å². The predicted octanol–water partition coefficient (Wildman–Crippen LogP) is 3.39. The van der Waals surface area contributed by atoms with E-state index >= 15 is 0 Å². The number of aromatic nitrogens is 1. The van der Waals surface area contributed by atoms with Gasteiger partial charge in [-0.1, -0.05) is 18.2 Å². The van der Waals surface area contributed by atoms with E-state index in [2.05, 4.69) is 16.4 Å². The zero-order valence-electron chi connectivity index (χ0n) is 10.8. The molecular weight excluding hydrogens is 239 g/mol. The molecule has 0 saturated carbocycles. The second-order valence-corrected chi connectivity index (χ2v) is 5.00. The van der Waals surface area contributed by atoms with E-state index in [0.29, 0.717) is 6.04 Å². The Hall–Kier alpha value is -1.74. The maximum absolute atomic E-state index is 12.8. The van der Waals surface area contributed by atoms with Gasteiger partial charge in [-0.25, -0.2) is 4.39 Å². The summed E-state index contributed by atoms with van der Waals surface area (Å²) in [4.78, 5) is 4.50. The third-order valence-electron chi connectivity index (χ3n) is 3.66. The normalized spacial score (nSPS) is 18.1. The summed E-state index contributed by atoms with van der Waals surface area (Å²) >= 11 is 0. The van der Waals surface area contributed by atoms with Gasteiger partial charge >= 0.3 is 0 Å². The Labute approximate surface area is 112 Å². The maximum atomic E-state index is 12.8. The zero-order valence-corrected chi connectivity index (χ0v) is 10.8. The van der Waals surface area contributed by atoms with Crippen molar-refractivity contribution in [1.82, 2.24) is 10.3 Å². The molecular formula is C16H17FN2. The largest absolute Gasteiger partial charge is 0.305 e. The van der Waals surface area contributed by atoms with Crippen LogP contribution in [0.1, 0.15) is 35.7 Å². The molecule has 2 aromatic rings. The fraction of sp³-hybridized carbons (Fsp3) is 0.312. The van der Waals surface area contributed by atoms with Crippen LogP contribution >= 0.6 is 0 Å². The van der Waals surface area contributed by atoms with E-state index in [1.165, 1.54) is 29.8 Å². The molecule has 0 radical (unpaired) electrons. The van der Waals surface area contributed by atoms with Gasteiger partial charge in [-0.15, -0.1) is 0 Å². The first-order chi connectivity index (χ1) is 9.33. The van der Waals surface area contributed by atoms with Crippen LogP contribution in [0.15, 0.2) is 42.6 Å². The number of benzene rings is 1. The average molecular weight is 256 g/mol. The smallest absolute Gasteiger partial charge is 0.123 e. The fourth-order valence-electron chi connectivity index (χ4n) is 2.65. The summed E-state index contributed by atoms with van der Waals surface area (Å²) in [5.74, 6) is -0.187. The Balaban J connectivity index is 1.69. The number of aryl methyl sites for hydroxylation is 1. The molecule has 3 rings (SSSR count). The standard InChI is InChI=1S/C16H17FN2/c17-14-8-6-12(7-9-14)11-19-15-5-1-3-13-4-2-10-18-16(13)15/h2,4,6-10,15,19H,1,3,5,11H2. The van der Waals surface area contributed by atoms with Gasteiger partial charge in [-0.2, -0.15) is 0 Å². The number of nitrogens with one attached hydrogen (secondary N) is 1. The van der Waals surface area contributed by atoms with Gasteiger partial charge in [0.25, 0.3) is 0 Å². The minimum atomic E-state index is -0.187. The third kappa shape index (κ3) is 2.82. The van der Waals surface area contributed by atoms with Crippen LogP contribution in [0.2, 0.25) is 0 Å². The van der Waals surface area contributed by atoms with Gasteiger partial charge in [0.15, 0.2) is 0 Å². The molecule has 0 spiro atoms. The summed E-state index contributed by atoms with van der Waals surface area (Å²) in [6.07, 6.45) is 5.29. The highest BCUT2D eigenvalue weighted by atomic mass is 19.1. The lowest BCUT2D eigenvalue weighted by atomic mass is 9.92. The van der Waals surface area contributed by atoms with E-state index < -0.39 is 0 Å². The van der Waals surface area contributed by atoms with Crippen molar-refractivity contribution >= 4 is 0 Å². The van der Waals surface area contributed by atoms with E-state index in [1.54, 1.807) is 0 Å². The number of halogens is 1. The zero-order chi connectivity index (χ0) is 13.1. The molecule has 1 aliphatic carbocycles. The fourth-order valence-corrected chi connectivity index (χ4v) is 2.65. The molecule has 1 aliphatic rings. The molecule has 98 valence electrons. The van der Waals surface area contributed by atoms with Crippen LogP contribution in [0.25, 0.3) is 0 Å². The first-order valence-electron chi connectivity index (χ1n) is 6.74. The van der Waals surface area contributed by atoms with E-state index in [4.69, 9.17) is 0 Å². The molecule has 1 aromatic carbocycles. The van der Waals surface area contributed by atoms with Gasteiger partial charge in [0.1, 0.15) is 5.82 Å². The Morgan fingerprint density at radius 3 is 2.89 bits per heavy atom. The van der Waals surface area contributed by atoms with Crippen molar-refractivity contribution in [3.63, 3.8) is 0 Å². The van der Waals surface area contributed by atoms with E-state index in [-0.39, 0.29) is 5.82 Å². The van der Waals surface area contributed by atoms with Crippen LogP contribution in [-0.2, 0) is 13.0 Å². The lowest BCUT2D eigenvalue weighted by Crippen LogP contribution is -2.25. The molecule has 1 N–H and O–H groups in total. The van der Waals surface area contributed by atoms with Crippen molar-refractivity contribution in [2.45, 2.75) is 31.8 Å². The highest BCUT2D eigenvalue weighted by Gasteiger charge is 2.20. The average Bonchev–Trinajstić information content (AvgIpc) is 2.47. The molecule has 2 nitrogen and oxygen atoms in total. The predicted molar refractivity (Wildman–Crippen MR) is 73.2 cm³/mol. The molecule has 0 aliphatic heterocycles.